The molecule has 4 heterocycles. The van der Waals surface area contributed by atoms with Gasteiger partial charge in [0, 0.05) is 79.0 Å². The molecule has 7 N–H and O–H groups in total. The highest BCUT2D eigenvalue weighted by Crippen LogP contribution is 2.42. The van der Waals surface area contributed by atoms with Gasteiger partial charge in [-0.3, -0.25) is 15.2 Å². The molecule has 0 bridgehead atoms. The molecule has 0 aromatic rings. The topological polar surface area (TPSA) is 117 Å². The maximum absolute atomic E-state index is 7.54. The molecule has 2 unspecified atom stereocenters. The summed E-state index contributed by atoms with van der Waals surface area (Å²) in [6, 6.07) is 0.439. The average molecular weight is 702 g/mol. The first-order valence-corrected chi connectivity index (χ1v) is 20.1. The highest BCUT2D eigenvalue weighted by atomic mass is 15.8. The van der Waals surface area contributed by atoms with Gasteiger partial charge in [0.25, 0.3) is 0 Å². The van der Waals surface area contributed by atoms with Gasteiger partial charge in [-0.15, -0.1) is 5.10 Å². The standard InChI is InChI=1S/C39H79N11/c1-13-15-23-48(30-26-35(3,4)46(11)36(5,6)27-30)33-25-34(45-50(44-33)39(41)18-20-43-22-21-42-19-17-32(39)40)49(24-16-14-2)31-28-37(7,8)47(12)38(9,10)29-31/h25,30-32,42-44H,13-24,26-29,40-41H2,1-12H3. The minimum atomic E-state index is -0.889. The first-order valence-electron chi connectivity index (χ1n) is 20.1. The Morgan fingerprint density at radius 3 is 1.70 bits per heavy atom. The van der Waals surface area contributed by atoms with Crippen LogP contribution in [0.25, 0.3) is 0 Å². The molecule has 3 saturated heterocycles. The van der Waals surface area contributed by atoms with E-state index in [2.05, 4.69) is 125 Å². The fraction of sp³-hybridized carbons (Fsp3) is 0.923. The third kappa shape index (κ3) is 9.11. The Labute approximate surface area is 307 Å². The number of nitrogens with zero attached hydrogens (tertiary/aromatic N) is 6. The number of unbranched alkanes of at least 4 members (excludes halogenated alkanes) is 2. The Morgan fingerprint density at radius 2 is 1.20 bits per heavy atom. The van der Waals surface area contributed by atoms with Gasteiger partial charge in [0.1, 0.15) is 11.5 Å². The maximum atomic E-state index is 7.54. The molecule has 0 amide bonds. The fourth-order valence-electron chi connectivity index (χ4n) is 9.29. The number of piperidine rings is 2. The van der Waals surface area contributed by atoms with Gasteiger partial charge in [-0.1, -0.05) is 26.7 Å². The van der Waals surface area contributed by atoms with Gasteiger partial charge in [-0.05, 0) is 128 Å². The number of nitrogens with one attached hydrogen (secondary N) is 3. The Kier molecular flexibility index (Phi) is 13.3. The van der Waals surface area contributed by atoms with Crippen molar-refractivity contribution in [1.29, 1.82) is 0 Å². The summed E-state index contributed by atoms with van der Waals surface area (Å²) in [4.78, 5) is 10.5. The van der Waals surface area contributed by atoms with E-state index >= 15 is 0 Å². The second-order valence-electron chi connectivity index (χ2n) is 18.6. The highest BCUT2D eigenvalue weighted by molar-refractivity contribution is 5.94. The molecule has 4 rings (SSSR count). The van der Waals surface area contributed by atoms with E-state index in [0.29, 0.717) is 18.5 Å². The normalized spacial score (nSPS) is 29.9. The molecule has 4 aliphatic heterocycles. The summed E-state index contributed by atoms with van der Waals surface area (Å²) in [5, 5.41) is 14.6. The predicted octanol–water partition coefficient (Wildman–Crippen LogP) is 4.42. The minimum absolute atomic E-state index is 0.0570. The summed E-state index contributed by atoms with van der Waals surface area (Å²) in [7, 11) is 4.60. The third-order valence-corrected chi connectivity index (χ3v) is 13.1. The van der Waals surface area contributed by atoms with Crippen molar-refractivity contribution in [2.24, 2.45) is 16.6 Å². The zero-order valence-electron chi connectivity index (χ0n) is 34.5. The fourth-order valence-corrected chi connectivity index (χ4v) is 9.29. The lowest BCUT2D eigenvalue weighted by Crippen LogP contribution is -2.71. The molecule has 0 radical (unpaired) electrons. The quantitative estimate of drug-likeness (QED) is 0.224. The van der Waals surface area contributed by atoms with Gasteiger partial charge in [-0.25, -0.2) is 0 Å². The summed E-state index contributed by atoms with van der Waals surface area (Å²) in [5.74, 6) is 2.12. The van der Waals surface area contributed by atoms with Crippen LogP contribution in [0.15, 0.2) is 17.0 Å². The van der Waals surface area contributed by atoms with Crippen molar-refractivity contribution in [2.45, 2.75) is 179 Å². The summed E-state index contributed by atoms with van der Waals surface area (Å²) < 4.78 is 0. The second kappa shape index (κ2) is 16.2. The van der Waals surface area contributed by atoms with E-state index in [0.717, 1.165) is 109 Å². The van der Waals surface area contributed by atoms with Gasteiger partial charge >= 0.3 is 0 Å². The van der Waals surface area contributed by atoms with Gasteiger partial charge in [-0.2, -0.15) is 5.12 Å². The van der Waals surface area contributed by atoms with Crippen molar-refractivity contribution in [3.8, 4) is 0 Å². The van der Waals surface area contributed by atoms with Crippen LogP contribution in [0.4, 0.5) is 0 Å². The van der Waals surface area contributed by atoms with Crippen molar-refractivity contribution in [3.63, 3.8) is 0 Å². The number of amidine groups is 1. The van der Waals surface area contributed by atoms with Crippen LogP contribution >= 0.6 is 0 Å². The largest absolute Gasteiger partial charge is 0.354 e. The minimum Gasteiger partial charge on any atom is -0.354 e. The average Bonchev–Trinajstić information content (AvgIpc) is 3.03. The summed E-state index contributed by atoms with van der Waals surface area (Å²) in [6.45, 7) is 29.3. The molecule has 0 saturated carbocycles. The zero-order chi connectivity index (χ0) is 37.1. The molecule has 50 heavy (non-hydrogen) atoms. The van der Waals surface area contributed by atoms with Crippen LogP contribution in [0.1, 0.15) is 133 Å². The van der Waals surface area contributed by atoms with Crippen molar-refractivity contribution in [3.05, 3.63) is 11.9 Å². The molecular weight excluding hydrogens is 623 g/mol. The number of hydrazine groups is 1. The molecule has 0 aromatic carbocycles. The summed E-state index contributed by atoms with van der Waals surface area (Å²) >= 11 is 0. The van der Waals surface area contributed by atoms with E-state index < -0.39 is 5.66 Å². The lowest BCUT2D eigenvalue weighted by Gasteiger charge is -2.57. The Bertz CT molecular complexity index is 1130. The molecule has 4 aliphatic rings. The van der Waals surface area contributed by atoms with Crippen LogP contribution < -0.4 is 27.5 Å². The smallest absolute Gasteiger partial charge is 0.154 e. The zero-order valence-corrected chi connectivity index (χ0v) is 34.5. The number of rotatable bonds is 10. The van der Waals surface area contributed by atoms with Crippen molar-refractivity contribution in [2.75, 3.05) is 53.4 Å². The van der Waals surface area contributed by atoms with E-state index in [-0.39, 0.29) is 28.2 Å². The lowest BCUT2D eigenvalue weighted by atomic mass is 9.76. The maximum Gasteiger partial charge on any atom is 0.154 e. The van der Waals surface area contributed by atoms with Crippen LogP contribution in [0.5, 0.6) is 0 Å². The van der Waals surface area contributed by atoms with Gasteiger partial charge in [0.2, 0.25) is 0 Å². The number of nitrogens with two attached hydrogens (primary N) is 2. The number of hydrogen-bond acceptors (Lipinski definition) is 11. The monoisotopic (exact) mass is 702 g/mol. The molecule has 290 valence electrons. The molecule has 0 spiro atoms. The van der Waals surface area contributed by atoms with Crippen LogP contribution in [0.3, 0.4) is 0 Å². The van der Waals surface area contributed by atoms with E-state index in [1.165, 1.54) is 0 Å². The molecule has 0 aliphatic carbocycles. The number of hydrazone groups is 1. The molecule has 11 heteroatoms. The Balaban J connectivity index is 1.86. The summed E-state index contributed by atoms with van der Waals surface area (Å²) in [6.07, 6.45) is 12.7. The molecule has 3 fully saturated rings. The molecular formula is C39H79N11. The second-order valence-corrected chi connectivity index (χ2v) is 18.6. The van der Waals surface area contributed by atoms with Crippen molar-refractivity contribution < 1.29 is 0 Å². The molecule has 0 aromatic heterocycles. The SMILES string of the molecule is CCCCN(C1=CC(N(CCCC)C2CC(C)(C)N(C)C(C)(C)C2)=NN(C2(N)CCNCCNCCC2N)N1)C1CC(C)(C)N(C)C(C)(C)C1. The Morgan fingerprint density at radius 1 is 0.740 bits per heavy atom. The number of likely N-dealkylation sites (tertiary alicyclic amines) is 2. The van der Waals surface area contributed by atoms with E-state index in [1.54, 1.807) is 0 Å². The summed E-state index contributed by atoms with van der Waals surface area (Å²) in [5.41, 5.74) is 17.9. The third-order valence-electron chi connectivity index (χ3n) is 13.1. The van der Waals surface area contributed by atoms with Crippen LogP contribution in [0, 0.1) is 0 Å². The van der Waals surface area contributed by atoms with Crippen molar-refractivity contribution in [1.82, 2.24) is 40.8 Å². The first kappa shape index (κ1) is 41.1. The first-order chi connectivity index (χ1) is 23.3. The predicted molar refractivity (Wildman–Crippen MR) is 211 cm³/mol. The van der Waals surface area contributed by atoms with Crippen molar-refractivity contribution >= 4 is 5.84 Å². The van der Waals surface area contributed by atoms with Gasteiger partial charge in [0.15, 0.2) is 5.84 Å². The van der Waals surface area contributed by atoms with E-state index in [9.17, 15) is 0 Å². The van der Waals surface area contributed by atoms with Crippen LogP contribution in [-0.2, 0) is 0 Å². The van der Waals surface area contributed by atoms with Gasteiger partial charge in [0.05, 0.1) is 0 Å². The molecule has 2 atom stereocenters. The highest BCUT2D eigenvalue weighted by Gasteiger charge is 2.49. The van der Waals surface area contributed by atoms with Gasteiger partial charge < -0.3 is 31.9 Å². The van der Waals surface area contributed by atoms with Crippen LogP contribution in [-0.4, -0.2) is 130 Å². The number of hydrogen-bond donors (Lipinski definition) is 5. The van der Waals surface area contributed by atoms with E-state index in [1.807, 2.05) is 5.12 Å². The lowest BCUT2D eigenvalue weighted by molar-refractivity contribution is -0.0515. The Hall–Kier alpha value is -1.63. The van der Waals surface area contributed by atoms with Crippen LogP contribution in [0.2, 0.25) is 0 Å². The van der Waals surface area contributed by atoms with E-state index in [4.69, 9.17) is 16.6 Å². The molecule has 11 nitrogen and oxygen atoms in total.